The van der Waals surface area contributed by atoms with E-state index in [4.69, 9.17) is 4.74 Å². The third-order valence-corrected chi connectivity index (χ3v) is 3.37. The van der Waals surface area contributed by atoms with Crippen LogP contribution in [0.25, 0.3) is 0 Å². The molecule has 0 aromatic heterocycles. The molecule has 0 amide bonds. The number of ether oxygens (including phenoxy) is 1. The first-order valence-electron chi connectivity index (χ1n) is 6.59. The fraction of sp³-hybridized carbons (Fsp3) is 0.600. The summed E-state index contributed by atoms with van der Waals surface area (Å²) in [4.78, 5) is 0. The van der Waals surface area contributed by atoms with Gasteiger partial charge in [0, 0.05) is 17.6 Å². The molecule has 1 aromatic rings. The average molecular weight is 253 g/mol. The first-order valence-corrected chi connectivity index (χ1v) is 6.59. The summed E-state index contributed by atoms with van der Waals surface area (Å²) < 4.78 is 19.2. The molecule has 0 saturated carbocycles. The van der Waals surface area contributed by atoms with Crippen LogP contribution in [0.3, 0.4) is 0 Å². The van der Waals surface area contributed by atoms with Crippen molar-refractivity contribution in [3.63, 3.8) is 0 Å². The number of hydrogen-bond donors (Lipinski definition) is 1. The molecule has 2 nitrogen and oxygen atoms in total. The molecule has 0 spiro atoms. The van der Waals surface area contributed by atoms with E-state index >= 15 is 0 Å². The monoisotopic (exact) mass is 253 g/mol. The lowest BCUT2D eigenvalue weighted by molar-refractivity contribution is 0.339. The Balaban J connectivity index is 2.93. The lowest BCUT2D eigenvalue weighted by Crippen LogP contribution is -2.35. The topological polar surface area (TPSA) is 21.3 Å². The molecular weight excluding hydrogens is 229 g/mol. The molecule has 0 radical (unpaired) electrons. The number of hydrogen-bond acceptors (Lipinski definition) is 2. The van der Waals surface area contributed by atoms with Crippen molar-refractivity contribution in [2.24, 2.45) is 5.92 Å². The number of benzene rings is 1. The molecule has 2 unspecified atom stereocenters. The molecule has 2 atom stereocenters. The third-order valence-electron chi connectivity index (χ3n) is 3.37. The van der Waals surface area contributed by atoms with Crippen molar-refractivity contribution >= 4 is 0 Å². The van der Waals surface area contributed by atoms with Crippen LogP contribution in [-0.2, 0) is 0 Å². The molecule has 1 aromatic carbocycles. The highest BCUT2D eigenvalue weighted by Crippen LogP contribution is 2.28. The van der Waals surface area contributed by atoms with Crippen LogP contribution >= 0.6 is 0 Å². The summed E-state index contributed by atoms with van der Waals surface area (Å²) in [5.74, 6) is 0.914. The number of nitrogens with one attached hydrogen (secondary N) is 1. The summed E-state index contributed by atoms with van der Waals surface area (Å²) in [6.07, 6.45) is 1.03. The first kappa shape index (κ1) is 15.0. The largest absolute Gasteiger partial charge is 0.496 e. The van der Waals surface area contributed by atoms with Crippen LogP contribution in [0.15, 0.2) is 18.2 Å². The van der Waals surface area contributed by atoms with E-state index in [-0.39, 0.29) is 11.9 Å². The summed E-state index contributed by atoms with van der Waals surface area (Å²) >= 11 is 0. The lowest BCUT2D eigenvalue weighted by atomic mass is 9.98. The molecule has 0 bridgehead atoms. The second-order valence-electron chi connectivity index (χ2n) is 5.00. The Morgan fingerprint density at radius 2 is 1.94 bits per heavy atom. The molecular formula is C15H24FNO. The van der Waals surface area contributed by atoms with Gasteiger partial charge >= 0.3 is 0 Å². The van der Waals surface area contributed by atoms with Gasteiger partial charge in [0.2, 0.25) is 0 Å². The van der Waals surface area contributed by atoms with Gasteiger partial charge in [0.05, 0.1) is 7.11 Å². The maximum atomic E-state index is 13.9. The normalized spacial score (nSPS) is 14.6. The van der Waals surface area contributed by atoms with Crippen LogP contribution in [0.1, 0.15) is 45.7 Å². The van der Waals surface area contributed by atoms with E-state index in [9.17, 15) is 4.39 Å². The van der Waals surface area contributed by atoms with E-state index in [0.717, 1.165) is 6.42 Å². The first-order chi connectivity index (χ1) is 8.51. The maximum Gasteiger partial charge on any atom is 0.131 e. The van der Waals surface area contributed by atoms with E-state index < -0.39 is 0 Å². The summed E-state index contributed by atoms with van der Waals surface area (Å²) in [5, 5.41) is 3.48. The summed E-state index contributed by atoms with van der Waals surface area (Å²) in [6, 6.07) is 5.27. The van der Waals surface area contributed by atoms with Crippen molar-refractivity contribution in [1.29, 1.82) is 0 Å². The van der Waals surface area contributed by atoms with Gasteiger partial charge in [-0.25, -0.2) is 4.39 Å². The highest BCUT2D eigenvalue weighted by molar-refractivity contribution is 5.36. The van der Waals surface area contributed by atoms with Gasteiger partial charge in [-0.1, -0.05) is 26.8 Å². The highest BCUT2D eigenvalue weighted by Gasteiger charge is 2.20. The Morgan fingerprint density at radius 3 is 2.44 bits per heavy atom. The molecule has 1 rings (SSSR count). The molecule has 0 saturated heterocycles. The van der Waals surface area contributed by atoms with E-state index in [0.29, 0.717) is 23.3 Å². The van der Waals surface area contributed by atoms with Gasteiger partial charge in [0.25, 0.3) is 0 Å². The molecule has 0 heterocycles. The highest BCUT2D eigenvalue weighted by atomic mass is 19.1. The van der Waals surface area contributed by atoms with E-state index in [2.05, 4.69) is 26.1 Å². The molecule has 102 valence electrons. The maximum absolute atomic E-state index is 13.9. The van der Waals surface area contributed by atoms with Crippen LogP contribution < -0.4 is 10.1 Å². The van der Waals surface area contributed by atoms with Crippen molar-refractivity contribution < 1.29 is 9.13 Å². The third kappa shape index (κ3) is 3.45. The van der Waals surface area contributed by atoms with Crippen molar-refractivity contribution in [1.82, 2.24) is 5.32 Å². The number of halogens is 1. The minimum absolute atomic E-state index is 0.0616. The summed E-state index contributed by atoms with van der Waals surface area (Å²) in [7, 11) is 1.57. The smallest absolute Gasteiger partial charge is 0.131 e. The molecule has 0 aliphatic carbocycles. The van der Waals surface area contributed by atoms with E-state index in [1.165, 1.54) is 6.07 Å². The fourth-order valence-corrected chi connectivity index (χ4v) is 2.30. The van der Waals surface area contributed by atoms with Crippen LogP contribution in [0.2, 0.25) is 0 Å². The lowest BCUT2D eigenvalue weighted by Gasteiger charge is -2.26. The molecule has 0 fully saturated rings. The second kappa shape index (κ2) is 6.74. The zero-order valence-corrected chi connectivity index (χ0v) is 12.0. The Labute approximate surface area is 110 Å². The van der Waals surface area contributed by atoms with Gasteiger partial charge in [-0.15, -0.1) is 0 Å². The standard InChI is InChI=1S/C15H24FNO/c1-6-13(10(2)3)17-11(4)15-12(16)8-7-9-14(15)18-5/h7-11,13,17H,6H2,1-5H3. The Morgan fingerprint density at radius 1 is 1.28 bits per heavy atom. The minimum atomic E-state index is -0.215. The van der Waals surface area contributed by atoms with Gasteiger partial charge in [-0.3, -0.25) is 0 Å². The van der Waals surface area contributed by atoms with Gasteiger partial charge < -0.3 is 10.1 Å². The van der Waals surface area contributed by atoms with Crippen molar-refractivity contribution in [2.75, 3.05) is 7.11 Å². The molecule has 0 aliphatic rings. The quantitative estimate of drug-likeness (QED) is 0.829. The van der Waals surface area contributed by atoms with Crippen LogP contribution in [0.5, 0.6) is 5.75 Å². The minimum Gasteiger partial charge on any atom is -0.496 e. The van der Waals surface area contributed by atoms with Crippen LogP contribution in [0, 0.1) is 11.7 Å². The predicted octanol–water partition coefficient (Wildman–Crippen LogP) is 3.92. The van der Waals surface area contributed by atoms with Gasteiger partial charge in [0.15, 0.2) is 0 Å². The summed E-state index contributed by atoms with van der Waals surface area (Å²) in [5.41, 5.74) is 0.610. The predicted molar refractivity (Wildman–Crippen MR) is 73.4 cm³/mol. The van der Waals surface area contributed by atoms with Crippen LogP contribution in [-0.4, -0.2) is 13.2 Å². The number of methoxy groups -OCH3 is 1. The Kier molecular flexibility index (Phi) is 5.60. The van der Waals surface area contributed by atoms with E-state index in [1.807, 2.05) is 6.92 Å². The van der Waals surface area contributed by atoms with Crippen molar-refractivity contribution in [3.05, 3.63) is 29.6 Å². The molecule has 1 N–H and O–H groups in total. The van der Waals surface area contributed by atoms with Gasteiger partial charge in [-0.05, 0) is 31.4 Å². The number of rotatable bonds is 6. The van der Waals surface area contributed by atoms with Crippen molar-refractivity contribution in [3.8, 4) is 5.75 Å². The average Bonchev–Trinajstić information content (AvgIpc) is 2.34. The molecule has 3 heteroatoms. The fourth-order valence-electron chi connectivity index (χ4n) is 2.30. The zero-order valence-electron chi connectivity index (χ0n) is 12.0. The van der Waals surface area contributed by atoms with Gasteiger partial charge in [0.1, 0.15) is 11.6 Å². The van der Waals surface area contributed by atoms with Crippen molar-refractivity contribution in [2.45, 2.75) is 46.2 Å². The second-order valence-corrected chi connectivity index (χ2v) is 5.00. The zero-order chi connectivity index (χ0) is 13.7. The van der Waals surface area contributed by atoms with Crippen LogP contribution in [0.4, 0.5) is 4.39 Å². The molecule has 0 aliphatic heterocycles. The Hall–Kier alpha value is -1.09. The Bertz CT molecular complexity index is 379. The molecule has 18 heavy (non-hydrogen) atoms. The summed E-state index contributed by atoms with van der Waals surface area (Å²) in [6.45, 7) is 8.47. The van der Waals surface area contributed by atoms with E-state index in [1.54, 1.807) is 19.2 Å². The van der Waals surface area contributed by atoms with Gasteiger partial charge in [-0.2, -0.15) is 0 Å². The SMILES string of the molecule is CCC(NC(C)c1c(F)cccc1OC)C(C)C.